The molecule has 60 heavy (non-hydrogen) atoms. The van der Waals surface area contributed by atoms with Crippen LogP contribution in [0.2, 0.25) is 0 Å². The first kappa shape index (κ1) is 57.0. The number of quaternary nitrogens is 1. The van der Waals surface area contributed by atoms with Gasteiger partial charge in [-0.2, -0.15) is 0 Å². The van der Waals surface area contributed by atoms with Gasteiger partial charge >= 0.3 is 11.9 Å². The molecule has 8 heteroatoms. The Balaban J connectivity index is 4.23. The molecule has 0 fully saturated rings. The highest BCUT2D eigenvalue weighted by Crippen LogP contribution is 2.14. The number of carboxylic acids is 1. The average Bonchev–Trinajstić information content (AvgIpc) is 3.21. The van der Waals surface area contributed by atoms with Crippen molar-refractivity contribution in [2.75, 3.05) is 41.0 Å². The van der Waals surface area contributed by atoms with Gasteiger partial charge in [-0.1, -0.05) is 164 Å². The summed E-state index contributed by atoms with van der Waals surface area (Å²) in [7, 11) is 5.39. The highest BCUT2D eigenvalue weighted by atomic mass is 16.6. The van der Waals surface area contributed by atoms with Gasteiger partial charge in [0.05, 0.1) is 40.3 Å². The number of esters is 2. The van der Waals surface area contributed by atoms with Crippen molar-refractivity contribution in [3.8, 4) is 0 Å². The number of allylic oxidation sites excluding steroid dienone is 10. The normalized spacial score (nSPS) is 13.4. The van der Waals surface area contributed by atoms with E-state index >= 15 is 0 Å². The molecule has 2 unspecified atom stereocenters. The molecule has 0 radical (unpaired) electrons. The van der Waals surface area contributed by atoms with Gasteiger partial charge < -0.3 is 28.6 Å². The zero-order valence-electron chi connectivity index (χ0n) is 39.4. The molecule has 2 atom stereocenters. The monoisotopic (exact) mass is 842 g/mol. The fourth-order valence-corrected chi connectivity index (χ4v) is 6.88. The number of nitrogens with zero attached hydrogens (tertiary/aromatic N) is 1. The third-order valence-corrected chi connectivity index (χ3v) is 10.6. The smallest absolute Gasteiger partial charge is 0.306 e. The number of likely N-dealkylation sites (N-methyl/N-ethyl adjacent to an activating group) is 1. The Morgan fingerprint density at radius 2 is 0.933 bits per heavy atom. The highest BCUT2D eigenvalue weighted by molar-refractivity contribution is 5.70. The molecular weight excluding hydrogens is 751 g/mol. The van der Waals surface area contributed by atoms with Crippen molar-refractivity contribution >= 4 is 17.9 Å². The second-order valence-corrected chi connectivity index (χ2v) is 17.3. The minimum atomic E-state index is -1.13. The van der Waals surface area contributed by atoms with Crippen LogP contribution in [0.15, 0.2) is 60.8 Å². The van der Waals surface area contributed by atoms with Crippen LogP contribution in [-0.4, -0.2) is 75.5 Å². The van der Waals surface area contributed by atoms with E-state index in [-0.39, 0.29) is 49.1 Å². The van der Waals surface area contributed by atoms with Crippen LogP contribution in [0.1, 0.15) is 200 Å². The maximum Gasteiger partial charge on any atom is 0.306 e. The first-order valence-electron chi connectivity index (χ1n) is 24.3. The quantitative estimate of drug-likeness (QED) is 0.0261. The first-order valence-corrected chi connectivity index (χ1v) is 24.3. The van der Waals surface area contributed by atoms with Crippen molar-refractivity contribution < 1.29 is 38.2 Å². The Labute approximate surface area is 368 Å². The van der Waals surface area contributed by atoms with Crippen LogP contribution < -0.4 is 5.11 Å². The lowest BCUT2D eigenvalue weighted by Crippen LogP contribution is -2.55. The number of hydrogen-bond acceptors (Lipinski definition) is 7. The second-order valence-electron chi connectivity index (χ2n) is 17.3. The number of ether oxygens (including phenoxy) is 3. The minimum Gasteiger partial charge on any atom is -0.544 e. The minimum absolute atomic E-state index is 0.0266. The maximum atomic E-state index is 12.7. The van der Waals surface area contributed by atoms with Gasteiger partial charge in [0.2, 0.25) is 0 Å². The number of rotatable bonds is 43. The second kappa shape index (κ2) is 42.7. The fourth-order valence-electron chi connectivity index (χ4n) is 6.88. The van der Waals surface area contributed by atoms with E-state index in [4.69, 9.17) is 14.2 Å². The number of carbonyl (C=O) groups excluding carboxylic acids is 3. The van der Waals surface area contributed by atoms with E-state index in [2.05, 4.69) is 74.6 Å². The van der Waals surface area contributed by atoms with E-state index in [0.717, 1.165) is 70.6 Å². The molecule has 0 aromatic carbocycles. The van der Waals surface area contributed by atoms with Crippen LogP contribution in [-0.2, 0) is 28.6 Å². The van der Waals surface area contributed by atoms with Crippen LogP contribution in [0, 0.1) is 0 Å². The summed E-state index contributed by atoms with van der Waals surface area (Å²) >= 11 is 0. The lowest BCUT2D eigenvalue weighted by molar-refractivity contribution is -0.889. The van der Waals surface area contributed by atoms with E-state index in [9.17, 15) is 19.5 Å². The average molecular weight is 842 g/mol. The van der Waals surface area contributed by atoms with Crippen LogP contribution >= 0.6 is 0 Å². The summed E-state index contributed by atoms with van der Waals surface area (Å²) in [6, 6.07) is -0.733. The molecule has 0 saturated heterocycles. The van der Waals surface area contributed by atoms with E-state index in [0.29, 0.717) is 6.42 Å². The molecule has 0 spiro atoms. The lowest BCUT2D eigenvalue weighted by atomic mass is 10.0. The zero-order valence-corrected chi connectivity index (χ0v) is 39.4. The Morgan fingerprint density at radius 3 is 1.40 bits per heavy atom. The molecule has 0 rings (SSSR count). The molecule has 0 aromatic heterocycles. The van der Waals surface area contributed by atoms with Crippen molar-refractivity contribution in [1.82, 2.24) is 0 Å². The zero-order chi connectivity index (χ0) is 44.2. The Kier molecular flexibility index (Phi) is 40.6. The van der Waals surface area contributed by atoms with Gasteiger partial charge in [0, 0.05) is 19.3 Å². The topological polar surface area (TPSA) is 102 Å². The standard InChI is InChI=1S/C52H91NO7/c1-6-8-10-12-14-16-18-20-21-22-23-24-25-26-27-28-29-31-32-34-36-38-40-42-50(54)59-47-48(46-58-45-44-49(52(56)57)53(3,4)5)60-51(55)43-41-39-37-35-33-30-19-17-15-13-11-9-7-2/h9,11,15,17-18,20,22-23,30,33,48-49H,6-8,10,12-14,16,19,21,24-29,31-32,34-47H2,1-5H3/b11-9-,17-15-,20-18-,23-22-,33-30-. The number of unbranched alkanes of at least 4 members (excludes halogenated alkanes) is 19. The van der Waals surface area contributed by atoms with Gasteiger partial charge in [-0.3, -0.25) is 9.59 Å². The van der Waals surface area contributed by atoms with Gasteiger partial charge in [0.15, 0.2) is 6.10 Å². The number of carboxylic acid groups (broad SMARTS) is 1. The van der Waals surface area contributed by atoms with Gasteiger partial charge in [-0.05, 0) is 77.0 Å². The molecule has 0 aromatic rings. The Hall–Kier alpha value is -2.97. The molecule has 0 aliphatic rings. The first-order chi connectivity index (χ1) is 29.1. The molecule has 0 aliphatic carbocycles. The Morgan fingerprint density at radius 1 is 0.517 bits per heavy atom. The summed E-state index contributed by atoms with van der Waals surface area (Å²) in [5.41, 5.74) is 0. The summed E-state index contributed by atoms with van der Waals surface area (Å²) in [5, 5.41) is 11.6. The van der Waals surface area contributed by atoms with Crippen molar-refractivity contribution in [2.45, 2.75) is 212 Å². The molecular formula is C52H91NO7. The summed E-state index contributed by atoms with van der Waals surface area (Å²) in [4.78, 5) is 36.9. The number of carbonyl (C=O) groups is 3. The summed E-state index contributed by atoms with van der Waals surface area (Å²) in [6.07, 6.45) is 52.6. The van der Waals surface area contributed by atoms with Crippen molar-refractivity contribution in [2.24, 2.45) is 0 Å². The van der Waals surface area contributed by atoms with Crippen molar-refractivity contribution in [3.05, 3.63) is 60.8 Å². The molecule has 8 nitrogen and oxygen atoms in total. The maximum absolute atomic E-state index is 12.7. The number of hydrogen-bond donors (Lipinski definition) is 0. The Bertz CT molecular complexity index is 1170. The third-order valence-electron chi connectivity index (χ3n) is 10.6. The predicted molar refractivity (Wildman–Crippen MR) is 249 cm³/mol. The molecule has 0 amide bonds. The van der Waals surface area contributed by atoms with Crippen LogP contribution in [0.25, 0.3) is 0 Å². The predicted octanol–water partition coefficient (Wildman–Crippen LogP) is 12.4. The van der Waals surface area contributed by atoms with E-state index < -0.39 is 18.1 Å². The van der Waals surface area contributed by atoms with Gasteiger partial charge in [-0.25, -0.2) is 0 Å². The lowest BCUT2D eigenvalue weighted by Gasteiger charge is -2.34. The summed E-state index contributed by atoms with van der Waals surface area (Å²) in [6.45, 7) is 4.51. The SMILES string of the molecule is CC/C=C\C/C=C\C/C=C\CCCCCC(=O)OC(COCCC(C(=O)[O-])[N+](C)(C)C)COC(=O)CCCCCCCCCCCCC/C=C\C/C=C\CCCCCCC. The largest absolute Gasteiger partial charge is 0.544 e. The summed E-state index contributed by atoms with van der Waals surface area (Å²) < 4.78 is 17.2. The molecule has 0 bridgehead atoms. The van der Waals surface area contributed by atoms with E-state index in [1.165, 1.54) is 96.3 Å². The fraction of sp³-hybridized carbons (Fsp3) is 0.750. The van der Waals surface area contributed by atoms with Gasteiger partial charge in [0.1, 0.15) is 12.6 Å². The molecule has 0 saturated carbocycles. The molecule has 0 N–H and O–H groups in total. The molecule has 0 heterocycles. The van der Waals surface area contributed by atoms with Gasteiger partial charge in [-0.15, -0.1) is 0 Å². The number of aliphatic carboxylic acids is 1. The van der Waals surface area contributed by atoms with Crippen LogP contribution in [0.3, 0.4) is 0 Å². The van der Waals surface area contributed by atoms with Crippen LogP contribution in [0.5, 0.6) is 0 Å². The van der Waals surface area contributed by atoms with Crippen LogP contribution in [0.4, 0.5) is 0 Å². The third kappa shape index (κ3) is 40.4. The molecule has 346 valence electrons. The molecule has 0 aliphatic heterocycles. The van der Waals surface area contributed by atoms with E-state index in [1.54, 1.807) is 21.1 Å². The van der Waals surface area contributed by atoms with E-state index in [1.807, 2.05) is 0 Å². The van der Waals surface area contributed by atoms with Gasteiger partial charge in [0.25, 0.3) is 0 Å². The highest BCUT2D eigenvalue weighted by Gasteiger charge is 2.25. The van der Waals surface area contributed by atoms with Crippen molar-refractivity contribution in [3.63, 3.8) is 0 Å². The van der Waals surface area contributed by atoms with Crippen molar-refractivity contribution in [1.29, 1.82) is 0 Å². The summed E-state index contributed by atoms with van der Waals surface area (Å²) in [5.74, 6) is -1.78.